The molecule has 0 saturated carbocycles. The number of nitrogens with two attached hydrogens (primary N) is 1. The highest BCUT2D eigenvalue weighted by molar-refractivity contribution is 9.10. The standard InChI is InChI=1S/C14H16BrFN4/c1-7(2)12-8(3)18-13(19-14(12)20-17)9-4-10(15)6-11(16)5-9/h4-7H,17H2,1-3H3,(H,18,19,20). The van der Waals surface area contributed by atoms with Crippen LogP contribution in [-0.2, 0) is 0 Å². The first-order chi connectivity index (χ1) is 9.42. The van der Waals surface area contributed by atoms with Gasteiger partial charge < -0.3 is 5.43 Å². The van der Waals surface area contributed by atoms with Gasteiger partial charge in [-0.3, -0.25) is 0 Å². The highest BCUT2D eigenvalue weighted by Gasteiger charge is 2.15. The van der Waals surface area contributed by atoms with Crippen molar-refractivity contribution < 1.29 is 4.39 Å². The van der Waals surface area contributed by atoms with Crippen LogP contribution in [0.4, 0.5) is 10.2 Å². The van der Waals surface area contributed by atoms with Gasteiger partial charge in [0.25, 0.3) is 0 Å². The number of hydrogen-bond acceptors (Lipinski definition) is 4. The van der Waals surface area contributed by atoms with E-state index >= 15 is 0 Å². The molecule has 0 saturated heterocycles. The van der Waals surface area contributed by atoms with Crippen LogP contribution in [0.5, 0.6) is 0 Å². The second-order valence-corrected chi connectivity index (χ2v) is 5.77. The predicted molar refractivity (Wildman–Crippen MR) is 81.8 cm³/mol. The maximum atomic E-state index is 13.5. The number of aromatic nitrogens is 2. The van der Waals surface area contributed by atoms with Crippen molar-refractivity contribution in [3.05, 3.63) is 39.7 Å². The number of nitrogen functional groups attached to an aromatic ring is 1. The third-order valence-corrected chi connectivity index (χ3v) is 3.43. The van der Waals surface area contributed by atoms with E-state index in [2.05, 4.69) is 31.3 Å². The Kier molecular flexibility index (Phi) is 4.35. The van der Waals surface area contributed by atoms with Crippen molar-refractivity contribution in [1.82, 2.24) is 9.97 Å². The molecule has 106 valence electrons. The molecular weight excluding hydrogens is 323 g/mol. The van der Waals surface area contributed by atoms with Crippen LogP contribution in [-0.4, -0.2) is 9.97 Å². The molecule has 3 N–H and O–H groups in total. The molecule has 0 radical (unpaired) electrons. The Labute approximate surface area is 125 Å². The Morgan fingerprint density at radius 1 is 1.25 bits per heavy atom. The van der Waals surface area contributed by atoms with Crippen molar-refractivity contribution in [3.63, 3.8) is 0 Å². The van der Waals surface area contributed by atoms with Gasteiger partial charge in [0.2, 0.25) is 0 Å². The van der Waals surface area contributed by atoms with Crippen LogP contribution in [0.1, 0.15) is 31.0 Å². The molecule has 0 spiro atoms. The highest BCUT2D eigenvalue weighted by Crippen LogP contribution is 2.29. The lowest BCUT2D eigenvalue weighted by molar-refractivity contribution is 0.627. The van der Waals surface area contributed by atoms with Gasteiger partial charge in [-0.25, -0.2) is 20.2 Å². The molecule has 0 aliphatic heterocycles. The van der Waals surface area contributed by atoms with E-state index in [1.165, 1.54) is 12.1 Å². The lowest BCUT2D eigenvalue weighted by Crippen LogP contribution is -2.14. The molecule has 0 aliphatic rings. The van der Waals surface area contributed by atoms with Crippen LogP contribution < -0.4 is 11.3 Å². The number of hydrogen-bond donors (Lipinski definition) is 2. The fourth-order valence-electron chi connectivity index (χ4n) is 2.19. The Bertz CT molecular complexity index is 623. The molecule has 6 heteroatoms. The van der Waals surface area contributed by atoms with Crippen molar-refractivity contribution in [3.8, 4) is 11.4 Å². The monoisotopic (exact) mass is 338 g/mol. The number of anilines is 1. The Balaban J connectivity index is 2.61. The van der Waals surface area contributed by atoms with E-state index in [9.17, 15) is 4.39 Å². The topological polar surface area (TPSA) is 63.8 Å². The summed E-state index contributed by atoms with van der Waals surface area (Å²) in [5.41, 5.74) is 5.00. The zero-order valence-corrected chi connectivity index (χ0v) is 13.1. The van der Waals surface area contributed by atoms with Crippen LogP contribution in [0.25, 0.3) is 11.4 Å². The van der Waals surface area contributed by atoms with Crippen molar-refractivity contribution in [1.29, 1.82) is 0 Å². The summed E-state index contributed by atoms with van der Waals surface area (Å²) < 4.78 is 14.1. The van der Waals surface area contributed by atoms with Gasteiger partial charge in [-0.15, -0.1) is 0 Å². The number of nitrogens with zero attached hydrogens (tertiary/aromatic N) is 2. The molecule has 2 rings (SSSR count). The lowest BCUT2D eigenvalue weighted by atomic mass is 10.0. The molecule has 0 bridgehead atoms. The van der Waals surface area contributed by atoms with E-state index < -0.39 is 0 Å². The second-order valence-electron chi connectivity index (χ2n) is 4.85. The first kappa shape index (κ1) is 14.9. The van der Waals surface area contributed by atoms with Crippen molar-refractivity contribution in [2.45, 2.75) is 26.7 Å². The van der Waals surface area contributed by atoms with Gasteiger partial charge in [0.15, 0.2) is 5.82 Å². The van der Waals surface area contributed by atoms with Gasteiger partial charge in [-0.05, 0) is 31.0 Å². The predicted octanol–water partition coefficient (Wildman–Crippen LogP) is 3.76. The summed E-state index contributed by atoms with van der Waals surface area (Å²) in [5, 5.41) is 0. The number of halogens is 2. The van der Waals surface area contributed by atoms with Crippen LogP contribution in [0.2, 0.25) is 0 Å². The van der Waals surface area contributed by atoms with Gasteiger partial charge in [0.1, 0.15) is 11.6 Å². The molecule has 0 unspecified atom stereocenters. The highest BCUT2D eigenvalue weighted by atomic mass is 79.9. The molecule has 1 heterocycles. The van der Waals surface area contributed by atoms with Gasteiger partial charge in [-0.2, -0.15) is 0 Å². The summed E-state index contributed by atoms with van der Waals surface area (Å²) in [4.78, 5) is 8.85. The Hall–Kier alpha value is -1.53. The molecular formula is C14H16BrFN4. The van der Waals surface area contributed by atoms with Crippen LogP contribution >= 0.6 is 15.9 Å². The molecule has 4 nitrogen and oxygen atoms in total. The van der Waals surface area contributed by atoms with Crippen molar-refractivity contribution >= 4 is 21.7 Å². The van der Waals surface area contributed by atoms with Gasteiger partial charge in [-0.1, -0.05) is 29.8 Å². The van der Waals surface area contributed by atoms with Crippen molar-refractivity contribution in [2.75, 3.05) is 5.43 Å². The minimum atomic E-state index is -0.342. The second kappa shape index (κ2) is 5.85. The number of nitrogens with one attached hydrogen (secondary N) is 1. The maximum Gasteiger partial charge on any atom is 0.161 e. The van der Waals surface area contributed by atoms with Gasteiger partial charge >= 0.3 is 0 Å². The summed E-state index contributed by atoms with van der Waals surface area (Å²) in [5.74, 6) is 6.46. The molecule has 0 aliphatic carbocycles. The fourth-order valence-corrected chi connectivity index (χ4v) is 2.66. The molecule has 1 aromatic heterocycles. The van der Waals surface area contributed by atoms with E-state index in [0.717, 1.165) is 11.3 Å². The normalized spacial score (nSPS) is 10.9. The largest absolute Gasteiger partial charge is 0.308 e. The average molecular weight is 339 g/mol. The van der Waals surface area contributed by atoms with Crippen molar-refractivity contribution in [2.24, 2.45) is 5.84 Å². The number of hydrazine groups is 1. The number of benzene rings is 1. The lowest BCUT2D eigenvalue weighted by Gasteiger charge is -2.15. The molecule has 20 heavy (non-hydrogen) atoms. The minimum absolute atomic E-state index is 0.245. The fraction of sp³-hybridized carbons (Fsp3) is 0.286. The van der Waals surface area contributed by atoms with E-state index in [1.54, 1.807) is 6.07 Å². The minimum Gasteiger partial charge on any atom is -0.308 e. The molecule has 0 amide bonds. The average Bonchev–Trinajstić information content (AvgIpc) is 2.35. The van der Waals surface area contributed by atoms with Crippen LogP contribution in [0.15, 0.2) is 22.7 Å². The summed E-state index contributed by atoms with van der Waals surface area (Å²) in [6, 6.07) is 4.56. The third kappa shape index (κ3) is 2.96. The zero-order valence-electron chi connectivity index (χ0n) is 11.5. The Morgan fingerprint density at radius 2 is 1.95 bits per heavy atom. The van der Waals surface area contributed by atoms with Gasteiger partial charge in [0.05, 0.1) is 0 Å². The van der Waals surface area contributed by atoms with E-state index in [-0.39, 0.29) is 11.7 Å². The summed E-state index contributed by atoms with van der Waals surface area (Å²) in [6.45, 7) is 5.99. The zero-order chi connectivity index (χ0) is 14.9. The Morgan fingerprint density at radius 3 is 2.50 bits per heavy atom. The first-order valence-corrected chi connectivity index (χ1v) is 7.03. The number of aryl methyl sites for hydroxylation is 1. The quantitative estimate of drug-likeness (QED) is 0.660. The summed E-state index contributed by atoms with van der Waals surface area (Å²) in [7, 11) is 0. The first-order valence-electron chi connectivity index (χ1n) is 6.24. The molecule has 0 atom stereocenters. The van der Waals surface area contributed by atoms with E-state index in [1.807, 2.05) is 20.8 Å². The van der Waals surface area contributed by atoms with E-state index in [4.69, 9.17) is 5.84 Å². The smallest absolute Gasteiger partial charge is 0.161 e. The summed E-state index contributed by atoms with van der Waals surface area (Å²) in [6.07, 6.45) is 0. The van der Waals surface area contributed by atoms with Crippen LogP contribution in [0, 0.1) is 12.7 Å². The third-order valence-electron chi connectivity index (χ3n) is 2.97. The molecule has 2 aromatic rings. The van der Waals surface area contributed by atoms with Gasteiger partial charge in [0, 0.05) is 21.3 Å². The van der Waals surface area contributed by atoms with E-state index in [0.29, 0.717) is 21.7 Å². The maximum absolute atomic E-state index is 13.5. The SMILES string of the molecule is Cc1nc(-c2cc(F)cc(Br)c2)nc(NN)c1C(C)C. The van der Waals surface area contributed by atoms with Crippen LogP contribution in [0.3, 0.4) is 0 Å². The number of rotatable bonds is 3. The molecule has 0 fully saturated rings. The molecule has 1 aromatic carbocycles. The summed E-state index contributed by atoms with van der Waals surface area (Å²) >= 11 is 3.27.